The Bertz CT molecular complexity index is 622. The Morgan fingerprint density at radius 3 is 3.00 bits per heavy atom. The molecule has 0 aromatic carbocycles. The van der Waals surface area contributed by atoms with Crippen molar-refractivity contribution in [3.05, 3.63) is 30.1 Å². The van der Waals surface area contributed by atoms with E-state index in [1.54, 1.807) is 17.3 Å². The van der Waals surface area contributed by atoms with Gasteiger partial charge in [0, 0.05) is 25.4 Å². The van der Waals surface area contributed by atoms with Gasteiger partial charge in [-0.25, -0.2) is 0 Å². The van der Waals surface area contributed by atoms with Crippen molar-refractivity contribution in [2.45, 2.75) is 64.3 Å². The third-order valence-electron chi connectivity index (χ3n) is 5.26. The van der Waals surface area contributed by atoms with E-state index in [0.29, 0.717) is 18.9 Å². The van der Waals surface area contributed by atoms with Crippen LogP contribution in [0.4, 0.5) is 0 Å². The Morgan fingerprint density at radius 1 is 1.48 bits per heavy atom. The second-order valence-electron chi connectivity index (χ2n) is 7.17. The molecule has 6 nitrogen and oxygen atoms in total. The first-order valence-corrected chi connectivity index (χ1v) is 9.18. The number of carbonyl (C=O) groups is 2. The number of rotatable bonds is 4. The predicted octanol–water partition coefficient (Wildman–Crippen LogP) is 2.24. The maximum Gasteiger partial charge on any atom is 0.245 e. The van der Waals surface area contributed by atoms with Gasteiger partial charge in [-0.1, -0.05) is 26.3 Å². The van der Waals surface area contributed by atoms with Gasteiger partial charge < -0.3 is 10.1 Å². The molecular formula is C19H27N3O3. The normalized spacial score (nSPS) is 29.0. The van der Waals surface area contributed by atoms with Crippen LogP contribution in [0.25, 0.3) is 0 Å². The lowest BCUT2D eigenvalue weighted by Crippen LogP contribution is -2.56. The number of hydrogen-bond donors (Lipinski definition) is 1. The van der Waals surface area contributed by atoms with Crippen LogP contribution in [-0.4, -0.2) is 40.1 Å². The molecule has 1 aliphatic carbocycles. The van der Waals surface area contributed by atoms with Crippen molar-refractivity contribution in [2.24, 2.45) is 5.92 Å². The van der Waals surface area contributed by atoms with E-state index >= 15 is 0 Å². The zero-order valence-corrected chi connectivity index (χ0v) is 15.0. The smallest absolute Gasteiger partial charge is 0.245 e. The Labute approximate surface area is 148 Å². The van der Waals surface area contributed by atoms with Gasteiger partial charge in [0.05, 0.1) is 6.61 Å². The van der Waals surface area contributed by atoms with Crippen LogP contribution in [-0.2, 0) is 20.9 Å². The van der Waals surface area contributed by atoms with Crippen LogP contribution in [0, 0.1) is 5.92 Å². The first-order valence-electron chi connectivity index (χ1n) is 9.18. The molecule has 1 N–H and O–H groups in total. The number of aromatic nitrogens is 1. The van der Waals surface area contributed by atoms with Gasteiger partial charge in [0.1, 0.15) is 11.8 Å². The van der Waals surface area contributed by atoms with E-state index in [1.165, 1.54) is 0 Å². The summed E-state index contributed by atoms with van der Waals surface area (Å²) in [5.41, 5.74) is 0.338. The third kappa shape index (κ3) is 3.68. The van der Waals surface area contributed by atoms with Crippen LogP contribution >= 0.6 is 0 Å². The van der Waals surface area contributed by atoms with E-state index in [4.69, 9.17) is 4.74 Å². The molecule has 0 radical (unpaired) electrons. The number of amides is 2. The summed E-state index contributed by atoms with van der Waals surface area (Å²) in [4.78, 5) is 31.2. The molecule has 25 heavy (non-hydrogen) atoms. The average molecular weight is 345 g/mol. The Balaban J connectivity index is 1.73. The largest absolute Gasteiger partial charge is 0.353 e. The zero-order valence-electron chi connectivity index (χ0n) is 15.0. The SMILES string of the molecule is CCC(=O)N1C(C(=O)NCc2cccnc2)COC12CCCC(C)C2. The van der Waals surface area contributed by atoms with Crippen molar-refractivity contribution < 1.29 is 14.3 Å². The summed E-state index contributed by atoms with van der Waals surface area (Å²) in [6.45, 7) is 4.71. The van der Waals surface area contributed by atoms with Gasteiger partial charge in [0.15, 0.2) is 0 Å². The van der Waals surface area contributed by atoms with E-state index in [9.17, 15) is 9.59 Å². The molecule has 3 rings (SSSR count). The molecule has 1 aromatic rings. The van der Waals surface area contributed by atoms with E-state index in [1.807, 2.05) is 19.1 Å². The van der Waals surface area contributed by atoms with Crippen molar-refractivity contribution in [2.75, 3.05) is 6.61 Å². The van der Waals surface area contributed by atoms with Crippen molar-refractivity contribution in [3.63, 3.8) is 0 Å². The van der Waals surface area contributed by atoms with Gasteiger partial charge >= 0.3 is 0 Å². The lowest BCUT2D eigenvalue weighted by atomic mass is 9.83. The summed E-state index contributed by atoms with van der Waals surface area (Å²) < 4.78 is 6.11. The van der Waals surface area contributed by atoms with Gasteiger partial charge in [-0.15, -0.1) is 0 Å². The molecule has 0 bridgehead atoms. The minimum Gasteiger partial charge on any atom is -0.353 e. The molecule has 1 spiro atoms. The molecule has 1 saturated heterocycles. The molecule has 1 aliphatic heterocycles. The highest BCUT2D eigenvalue weighted by molar-refractivity contribution is 5.88. The molecule has 136 valence electrons. The molecule has 6 heteroatoms. The monoisotopic (exact) mass is 345 g/mol. The molecule has 1 saturated carbocycles. The molecule has 2 aliphatic rings. The summed E-state index contributed by atoms with van der Waals surface area (Å²) in [6, 6.07) is 3.21. The van der Waals surface area contributed by atoms with Crippen molar-refractivity contribution in [3.8, 4) is 0 Å². The van der Waals surface area contributed by atoms with Crippen molar-refractivity contribution in [1.29, 1.82) is 0 Å². The van der Waals surface area contributed by atoms with Gasteiger partial charge in [0.2, 0.25) is 11.8 Å². The molecular weight excluding hydrogens is 318 g/mol. The molecule has 3 unspecified atom stereocenters. The summed E-state index contributed by atoms with van der Waals surface area (Å²) in [7, 11) is 0. The van der Waals surface area contributed by atoms with Gasteiger partial charge in [-0.2, -0.15) is 0 Å². The fourth-order valence-corrected chi connectivity index (χ4v) is 4.06. The van der Waals surface area contributed by atoms with Crippen LogP contribution in [0.1, 0.15) is 51.5 Å². The number of carbonyl (C=O) groups excluding carboxylic acids is 2. The third-order valence-corrected chi connectivity index (χ3v) is 5.26. The standard InChI is InChI=1S/C19H27N3O3/c1-3-17(23)22-16(13-25-19(22)8-4-6-14(2)10-19)18(24)21-12-15-7-5-9-20-11-15/h5,7,9,11,14,16H,3-4,6,8,10,12-13H2,1-2H3,(H,21,24). The highest BCUT2D eigenvalue weighted by atomic mass is 16.5. The number of ether oxygens (including phenoxy) is 1. The fraction of sp³-hybridized carbons (Fsp3) is 0.632. The van der Waals surface area contributed by atoms with Crippen LogP contribution in [0.15, 0.2) is 24.5 Å². The molecule has 2 amide bonds. The Hall–Kier alpha value is -1.95. The number of hydrogen-bond acceptors (Lipinski definition) is 4. The summed E-state index contributed by atoms with van der Waals surface area (Å²) >= 11 is 0. The van der Waals surface area contributed by atoms with E-state index in [0.717, 1.165) is 31.2 Å². The topological polar surface area (TPSA) is 71.5 Å². The first kappa shape index (κ1) is 17.9. The van der Waals surface area contributed by atoms with E-state index < -0.39 is 11.8 Å². The molecule has 2 heterocycles. The first-order chi connectivity index (χ1) is 12.1. The van der Waals surface area contributed by atoms with Crippen LogP contribution in [0.5, 0.6) is 0 Å². The average Bonchev–Trinajstić information content (AvgIpc) is 2.98. The predicted molar refractivity (Wildman–Crippen MR) is 93.3 cm³/mol. The summed E-state index contributed by atoms with van der Waals surface area (Å²) in [5, 5.41) is 2.93. The highest BCUT2D eigenvalue weighted by Gasteiger charge is 2.53. The fourth-order valence-electron chi connectivity index (χ4n) is 4.06. The molecule has 1 aromatic heterocycles. The van der Waals surface area contributed by atoms with E-state index in [-0.39, 0.29) is 18.4 Å². The van der Waals surface area contributed by atoms with Crippen molar-refractivity contribution in [1.82, 2.24) is 15.2 Å². The van der Waals surface area contributed by atoms with Crippen LogP contribution in [0.2, 0.25) is 0 Å². The van der Waals surface area contributed by atoms with Crippen LogP contribution < -0.4 is 5.32 Å². The second-order valence-corrected chi connectivity index (χ2v) is 7.17. The zero-order chi connectivity index (χ0) is 17.9. The maximum absolute atomic E-state index is 12.8. The number of pyridine rings is 1. The second kappa shape index (κ2) is 7.52. The summed E-state index contributed by atoms with van der Waals surface area (Å²) in [6.07, 6.45) is 7.61. The van der Waals surface area contributed by atoms with E-state index in [2.05, 4.69) is 17.2 Å². The quantitative estimate of drug-likeness (QED) is 0.908. The Morgan fingerprint density at radius 2 is 2.32 bits per heavy atom. The van der Waals surface area contributed by atoms with Crippen molar-refractivity contribution >= 4 is 11.8 Å². The van der Waals surface area contributed by atoms with Gasteiger partial charge in [0.25, 0.3) is 0 Å². The molecule has 3 atom stereocenters. The number of nitrogens with one attached hydrogen (secondary N) is 1. The van der Waals surface area contributed by atoms with Crippen LogP contribution in [0.3, 0.4) is 0 Å². The van der Waals surface area contributed by atoms with Gasteiger partial charge in [-0.05, 0) is 36.8 Å². The highest BCUT2D eigenvalue weighted by Crippen LogP contribution is 2.43. The maximum atomic E-state index is 12.8. The number of nitrogens with zero attached hydrogens (tertiary/aromatic N) is 2. The Kier molecular flexibility index (Phi) is 5.37. The lowest BCUT2D eigenvalue weighted by Gasteiger charge is -2.43. The minimum atomic E-state index is -0.596. The minimum absolute atomic E-state index is 0.00636. The molecule has 2 fully saturated rings. The summed E-state index contributed by atoms with van der Waals surface area (Å²) in [5.74, 6) is 0.340. The lowest BCUT2D eigenvalue weighted by molar-refractivity contribution is -0.162. The van der Waals surface area contributed by atoms with Gasteiger partial charge in [-0.3, -0.25) is 19.5 Å².